The van der Waals surface area contributed by atoms with Gasteiger partial charge >= 0.3 is 0 Å². The number of carbonyl (C=O) groups is 1. The van der Waals surface area contributed by atoms with Gasteiger partial charge in [0.05, 0.1) is 6.61 Å². The van der Waals surface area contributed by atoms with Gasteiger partial charge in [-0.2, -0.15) is 0 Å². The number of anilines is 1. The standard InChI is InChI=1S/C13H15ClN2O2.ClH/c1-3-18-13(15)12-7-9-6-10(14)4-5-11(9)16(12)8(2)17;/h4-6,12,15H,3,7H2,1-2H3;1H. The van der Waals surface area contributed by atoms with Crippen molar-refractivity contribution in [1.29, 1.82) is 5.41 Å². The van der Waals surface area contributed by atoms with Crippen LogP contribution in [0.2, 0.25) is 5.02 Å². The molecule has 0 aliphatic carbocycles. The number of fused-ring (bicyclic) bond motifs is 1. The van der Waals surface area contributed by atoms with Crippen LogP contribution in [0.3, 0.4) is 0 Å². The van der Waals surface area contributed by atoms with Gasteiger partial charge in [-0.05, 0) is 30.7 Å². The number of halogens is 2. The molecule has 0 bridgehead atoms. The van der Waals surface area contributed by atoms with Crippen molar-refractivity contribution in [2.24, 2.45) is 0 Å². The van der Waals surface area contributed by atoms with Crippen LogP contribution < -0.4 is 4.90 Å². The molecule has 104 valence electrons. The van der Waals surface area contributed by atoms with E-state index in [-0.39, 0.29) is 30.3 Å². The lowest BCUT2D eigenvalue weighted by molar-refractivity contribution is -0.116. The zero-order valence-corrected chi connectivity index (χ0v) is 12.3. The summed E-state index contributed by atoms with van der Waals surface area (Å²) in [7, 11) is 0. The number of ether oxygens (including phenoxy) is 1. The number of amides is 1. The molecule has 1 aliphatic rings. The molecule has 0 fully saturated rings. The highest BCUT2D eigenvalue weighted by Gasteiger charge is 2.35. The summed E-state index contributed by atoms with van der Waals surface area (Å²) in [5, 5.41) is 8.53. The van der Waals surface area contributed by atoms with Crippen molar-refractivity contribution in [1.82, 2.24) is 0 Å². The Morgan fingerprint density at radius 3 is 2.84 bits per heavy atom. The van der Waals surface area contributed by atoms with E-state index in [1.54, 1.807) is 11.0 Å². The number of rotatable bonds is 2. The zero-order chi connectivity index (χ0) is 13.3. The smallest absolute Gasteiger partial charge is 0.224 e. The summed E-state index contributed by atoms with van der Waals surface area (Å²) in [6.07, 6.45) is 0.578. The highest BCUT2D eigenvalue weighted by Crippen LogP contribution is 2.34. The summed E-state index contributed by atoms with van der Waals surface area (Å²) < 4.78 is 5.22. The van der Waals surface area contributed by atoms with E-state index < -0.39 is 0 Å². The molecule has 2 rings (SSSR count). The van der Waals surface area contributed by atoms with Crippen molar-refractivity contribution >= 4 is 41.5 Å². The van der Waals surface area contributed by atoms with E-state index in [2.05, 4.69) is 0 Å². The van der Waals surface area contributed by atoms with Crippen molar-refractivity contribution in [3.05, 3.63) is 28.8 Å². The van der Waals surface area contributed by atoms with Gasteiger partial charge in [0.15, 0.2) is 0 Å². The molecule has 1 aromatic carbocycles. The Labute approximate surface area is 123 Å². The molecule has 1 heterocycles. The van der Waals surface area contributed by atoms with E-state index in [9.17, 15) is 4.79 Å². The predicted octanol–water partition coefficient (Wildman–Crippen LogP) is 3.05. The lowest BCUT2D eigenvalue weighted by Crippen LogP contribution is -2.42. The quantitative estimate of drug-likeness (QED) is 0.674. The highest BCUT2D eigenvalue weighted by atomic mass is 35.5. The molecule has 4 nitrogen and oxygen atoms in total. The average Bonchev–Trinajstić information content (AvgIpc) is 2.67. The average molecular weight is 303 g/mol. The molecular weight excluding hydrogens is 287 g/mol. The molecular formula is C13H16Cl2N2O2. The lowest BCUT2D eigenvalue weighted by Gasteiger charge is -2.24. The summed E-state index contributed by atoms with van der Waals surface area (Å²) in [5.74, 6) is 0.0329. The van der Waals surface area contributed by atoms with Crippen molar-refractivity contribution in [3.63, 3.8) is 0 Å². The first kappa shape index (κ1) is 15.8. The van der Waals surface area contributed by atoms with Crippen LogP contribution in [0.5, 0.6) is 0 Å². The Balaban J connectivity index is 0.00000180. The molecule has 0 saturated carbocycles. The largest absolute Gasteiger partial charge is 0.480 e. The highest BCUT2D eigenvalue weighted by molar-refractivity contribution is 6.30. The van der Waals surface area contributed by atoms with Gasteiger partial charge in [-0.3, -0.25) is 15.1 Å². The maximum Gasteiger partial charge on any atom is 0.224 e. The molecule has 1 atom stereocenters. The van der Waals surface area contributed by atoms with Crippen molar-refractivity contribution in [2.45, 2.75) is 26.3 Å². The van der Waals surface area contributed by atoms with Crippen LogP contribution in [0.4, 0.5) is 5.69 Å². The fraction of sp³-hybridized carbons (Fsp3) is 0.385. The number of hydrogen-bond acceptors (Lipinski definition) is 3. The Morgan fingerprint density at radius 1 is 1.58 bits per heavy atom. The van der Waals surface area contributed by atoms with E-state index in [4.69, 9.17) is 21.7 Å². The predicted molar refractivity (Wildman–Crippen MR) is 78.7 cm³/mol. The third kappa shape index (κ3) is 3.01. The number of carbonyl (C=O) groups excluding carboxylic acids is 1. The lowest BCUT2D eigenvalue weighted by atomic mass is 10.1. The van der Waals surface area contributed by atoms with Crippen molar-refractivity contribution in [2.75, 3.05) is 11.5 Å². The van der Waals surface area contributed by atoms with Gasteiger partial charge < -0.3 is 4.74 Å². The molecule has 1 N–H and O–H groups in total. The van der Waals surface area contributed by atoms with Gasteiger partial charge in [0, 0.05) is 24.1 Å². The minimum Gasteiger partial charge on any atom is -0.480 e. The fourth-order valence-corrected chi connectivity index (χ4v) is 2.47. The maximum absolute atomic E-state index is 11.8. The fourth-order valence-electron chi connectivity index (χ4n) is 2.27. The van der Waals surface area contributed by atoms with E-state index >= 15 is 0 Å². The second kappa shape index (κ2) is 6.26. The molecule has 1 aliphatic heterocycles. The van der Waals surface area contributed by atoms with Gasteiger partial charge in [-0.25, -0.2) is 0 Å². The van der Waals surface area contributed by atoms with E-state index in [1.807, 2.05) is 19.1 Å². The van der Waals surface area contributed by atoms with Crippen LogP contribution in [0.15, 0.2) is 18.2 Å². The second-order valence-electron chi connectivity index (χ2n) is 4.18. The Morgan fingerprint density at radius 2 is 2.26 bits per heavy atom. The summed E-state index contributed by atoms with van der Waals surface area (Å²) in [6, 6.07) is 5.06. The first-order valence-electron chi connectivity index (χ1n) is 5.84. The van der Waals surface area contributed by atoms with Crippen LogP contribution in [0, 0.1) is 5.41 Å². The SMILES string of the molecule is CCOC(=N)C1Cc2cc(Cl)ccc2N1C(C)=O.Cl. The summed E-state index contributed by atoms with van der Waals surface area (Å²) in [5.41, 5.74) is 1.80. The van der Waals surface area contributed by atoms with E-state index in [0.717, 1.165) is 11.3 Å². The Kier molecular flexibility index (Phi) is 5.20. The molecule has 0 radical (unpaired) electrons. The van der Waals surface area contributed by atoms with Gasteiger partial charge in [-0.1, -0.05) is 11.6 Å². The molecule has 1 aromatic rings. The van der Waals surface area contributed by atoms with Crippen LogP contribution in [-0.4, -0.2) is 24.5 Å². The van der Waals surface area contributed by atoms with E-state index in [0.29, 0.717) is 18.1 Å². The molecule has 1 amide bonds. The molecule has 0 saturated heterocycles. The summed E-state index contributed by atoms with van der Waals surface area (Å²) in [4.78, 5) is 13.4. The van der Waals surface area contributed by atoms with Crippen LogP contribution in [0.25, 0.3) is 0 Å². The normalized spacial score (nSPS) is 16.6. The molecule has 6 heteroatoms. The minimum absolute atomic E-state index is 0. The number of nitrogens with zero attached hydrogens (tertiary/aromatic N) is 1. The number of hydrogen-bond donors (Lipinski definition) is 1. The van der Waals surface area contributed by atoms with Crippen molar-refractivity contribution < 1.29 is 9.53 Å². The Hall–Kier alpha value is -1.26. The summed E-state index contributed by atoms with van der Waals surface area (Å²) >= 11 is 5.95. The third-order valence-corrected chi connectivity index (χ3v) is 3.20. The monoisotopic (exact) mass is 302 g/mol. The third-order valence-electron chi connectivity index (χ3n) is 2.97. The zero-order valence-electron chi connectivity index (χ0n) is 10.8. The minimum atomic E-state index is -0.351. The molecule has 0 spiro atoms. The second-order valence-corrected chi connectivity index (χ2v) is 4.62. The van der Waals surface area contributed by atoms with Gasteiger partial charge in [0.1, 0.15) is 6.04 Å². The maximum atomic E-state index is 11.8. The summed E-state index contributed by atoms with van der Waals surface area (Å²) in [6.45, 7) is 3.75. The molecule has 0 aromatic heterocycles. The molecule has 1 unspecified atom stereocenters. The van der Waals surface area contributed by atoms with Gasteiger partial charge in [0.25, 0.3) is 0 Å². The van der Waals surface area contributed by atoms with Crippen molar-refractivity contribution in [3.8, 4) is 0 Å². The van der Waals surface area contributed by atoms with Gasteiger partial charge in [0.2, 0.25) is 11.8 Å². The first-order valence-corrected chi connectivity index (χ1v) is 6.21. The number of nitrogens with one attached hydrogen (secondary N) is 1. The number of benzene rings is 1. The van der Waals surface area contributed by atoms with Crippen LogP contribution in [0.1, 0.15) is 19.4 Å². The topological polar surface area (TPSA) is 53.4 Å². The molecule has 19 heavy (non-hydrogen) atoms. The van der Waals surface area contributed by atoms with E-state index in [1.165, 1.54) is 6.92 Å². The van der Waals surface area contributed by atoms with Crippen LogP contribution >= 0.6 is 24.0 Å². The first-order chi connectivity index (χ1) is 8.54. The van der Waals surface area contributed by atoms with Gasteiger partial charge in [-0.15, -0.1) is 12.4 Å². The Bertz CT molecular complexity index is 505. The van der Waals surface area contributed by atoms with Crippen LogP contribution in [-0.2, 0) is 16.0 Å².